The highest BCUT2D eigenvalue weighted by molar-refractivity contribution is 7.89. The highest BCUT2D eigenvalue weighted by Crippen LogP contribution is 2.18. The lowest BCUT2D eigenvalue weighted by molar-refractivity contribution is 0.0926. The van der Waals surface area contributed by atoms with Gasteiger partial charge in [-0.15, -0.1) is 0 Å². The quantitative estimate of drug-likeness (QED) is 0.792. The van der Waals surface area contributed by atoms with Crippen molar-refractivity contribution < 1.29 is 17.9 Å². The van der Waals surface area contributed by atoms with E-state index in [4.69, 9.17) is 4.74 Å². The Hall–Kier alpha value is -1.44. The SMILES string of the molecule is CC(C)Cc1ccc(C(=O)N[C@@H]2COC[C@H]2CS(=O)(=O)N(C)C)cc1. The van der Waals surface area contributed by atoms with Crippen LogP contribution >= 0.6 is 0 Å². The van der Waals surface area contributed by atoms with E-state index in [0.717, 1.165) is 6.42 Å². The normalized spacial score (nSPS) is 21.0. The van der Waals surface area contributed by atoms with E-state index in [1.54, 1.807) is 0 Å². The van der Waals surface area contributed by atoms with Gasteiger partial charge in [-0.3, -0.25) is 4.79 Å². The molecule has 2 atom stereocenters. The molecule has 6 nitrogen and oxygen atoms in total. The predicted octanol–water partition coefficient (Wildman–Crippen LogP) is 1.52. The van der Waals surface area contributed by atoms with Gasteiger partial charge < -0.3 is 10.1 Å². The van der Waals surface area contributed by atoms with E-state index in [-0.39, 0.29) is 23.6 Å². The predicted molar refractivity (Wildman–Crippen MR) is 98.0 cm³/mol. The van der Waals surface area contributed by atoms with Crippen LogP contribution in [-0.2, 0) is 21.2 Å². The van der Waals surface area contributed by atoms with Crippen LogP contribution < -0.4 is 5.32 Å². The molecule has 0 aromatic heterocycles. The van der Waals surface area contributed by atoms with E-state index in [0.29, 0.717) is 24.7 Å². The summed E-state index contributed by atoms with van der Waals surface area (Å²) in [7, 11) is -0.307. The molecule has 0 unspecified atom stereocenters. The maximum Gasteiger partial charge on any atom is 0.251 e. The number of sulfonamides is 1. The summed E-state index contributed by atoms with van der Waals surface area (Å²) in [4.78, 5) is 12.5. The molecule has 0 bridgehead atoms. The fourth-order valence-corrected chi connectivity index (χ4v) is 4.03. The molecule has 1 aromatic rings. The second kappa shape index (κ2) is 8.29. The lowest BCUT2D eigenvalue weighted by Crippen LogP contribution is -2.43. The zero-order valence-electron chi connectivity index (χ0n) is 15.4. The molecule has 1 saturated heterocycles. The molecule has 7 heteroatoms. The third-order valence-electron chi connectivity index (χ3n) is 4.36. The number of benzene rings is 1. The lowest BCUT2D eigenvalue weighted by atomic mass is 10.0. The van der Waals surface area contributed by atoms with E-state index in [1.807, 2.05) is 24.3 Å². The van der Waals surface area contributed by atoms with Gasteiger partial charge >= 0.3 is 0 Å². The minimum Gasteiger partial charge on any atom is -0.379 e. The zero-order valence-corrected chi connectivity index (χ0v) is 16.2. The molecule has 0 spiro atoms. The van der Waals surface area contributed by atoms with Gasteiger partial charge in [-0.1, -0.05) is 26.0 Å². The molecular formula is C18H28N2O4S. The fourth-order valence-electron chi connectivity index (χ4n) is 2.86. The van der Waals surface area contributed by atoms with Crippen LogP contribution in [0.25, 0.3) is 0 Å². The smallest absolute Gasteiger partial charge is 0.251 e. The summed E-state index contributed by atoms with van der Waals surface area (Å²) in [5.74, 6) is 0.100. The molecule has 1 fully saturated rings. The first kappa shape index (κ1) is 19.9. The Morgan fingerprint density at radius 2 is 1.88 bits per heavy atom. The van der Waals surface area contributed by atoms with Gasteiger partial charge in [0.15, 0.2) is 0 Å². The highest BCUT2D eigenvalue weighted by Gasteiger charge is 2.34. The summed E-state index contributed by atoms with van der Waals surface area (Å²) < 4.78 is 30.7. The van der Waals surface area contributed by atoms with E-state index < -0.39 is 10.0 Å². The Morgan fingerprint density at radius 1 is 1.24 bits per heavy atom. The highest BCUT2D eigenvalue weighted by atomic mass is 32.2. The maximum atomic E-state index is 12.5. The first-order chi connectivity index (χ1) is 11.7. The summed E-state index contributed by atoms with van der Waals surface area (Å²) in [5.41, 5.74) is 1.78. The molecule has 1 N–H and O–H groups in total. The van der Waals surface area contributed by atoms with Crippen molar-refractivity contribution in [2.24, 2.45) is 11.8 Å². The minimum atomic E-state index is -3.33. The molecule has 1 amide bonds. The molecule has 0 radical (unpaired) electrons. The van der Waals surface area contributed by atoms with E-state index in [2.05, 4.69) is 19.2 Å². The summed E-state index contributed by atoms with van der Waals surface area (Å²) in [5, 5.41) is 2.92. The van der Waals surface area contributed by atoms with Crippen LogP contribution in [0.15, 0.2) is 24.3 Å². The molecule has 1 aliphatic rings. The van der Waals surface area contributed by atoms with Gasteiger partial charge in [0.05, 0.1) is 25.0 Å². The van der Waals surface area contributed by atoms with Crippen molar-refractivity contribution in [1.29, 1.82) is 0 Å². The molecular weight excluding hydrogens is 340 g/mol. The van der Waals surface area contributed by atoms with Gasteiger partial charge in [0, 0.05) is 25.6 Å². The van der Waals surface area contributed by atoms with Crippen LogP contribution in [0.1, 0.15) is 29.8 Å². The molecule has 25 heavy (non-hydrogen) atoms. The average Bonchev–Trinajstić information content (AvgIpc) is 2.93. The Bertz CT molecular complexity index is 684. The van der Waals surface area contributed by atoms with E-state index in [9.17, 15) is 13.2 Å². The second-order valence-electron chi connectivity index (χ2n) is 7.23. The first-order valence-electron chi connectivity index (χ1n) is 8.57. The number of nitrogens with zero attached hydrogens (tertiary/aromatic N) is 1. The van der Waals surface area contributed by atoms with Crippen LogP contribution in [0.3, 0.4) is 0 Å². The first-order valence-corrected chi connectivity index (χ1v) is 10.2. The Kier molecular flexibility index (Phi) is 6.59. The van der Waals surface area contributed by atoms with Gasteiger partial charge in [0.2, 0.25) is 10.0 Å². The summed E-state index contributed by atoms with van der Waals surface area (Å²) in [6.07, 6.45) is 0.975. The van der Waals surface area contributed by atoms with Crippen LogP contribution in [0.5, 0.6) is 0 Å². The molecule has 1 aromatic carbocycles. The molecule has 0 aliphatic carbocycles. The number of hydrogen-bond acceptors (Lipinski definition) is 4. The number of amides is 1. The van der Waals surface area contributed by atoms with Gasteiger partial charge in [0.1, 0.15) is 0 Å². The molecule has 2 rings (SSSR count). The molecule has 1 aliphatic heterocycles. The van der Waals surface area contributed by atoms with E-state index >= 15 is 0 Å². The van der Waals surface area contributed by atoms with Crippen molar-refractivity contribution in [3.8, 4) is 0 Å². The molecule has 0 saturated carbocycles. The van der Waals surface area contributed by atoms with Gasteiger partial charge in [-0.25, -0.2) is 12.7 Å². The monoisotopic (exact) mass is 368 g/mol. The van der Waals surface area contributed by atoms with Crippen LogP contribution in [0, 0.1) is 11.8 Å². The van der Waals surface area contributed by atoms with Crippen LogP contribution in [0.4, 0.5) is 0 Å². The minimum absolute atomic E-state index is 0.0295. The second-order valence-corrected chi connectivity index (χ2v) is 9.46. The summed E-state index contributed by atoms with van der Waals surface area (Å²) in [6.45, 7) is 4.99. The number of nitrogens with one attached hydrogen (secondary N) is 1. The number of ether oxygens (including phenoxy) is 1. The zero-order chi connectivity index (χ0) is 18.6. The van der Waals surface area contributed by atoms with Gasteiger partial charge in [-0.2, -0.15) is 0 Å². The Morgan fingerprint density at radius 3 is 2.44 bits per heavy atom. The summed E-state index contributed by atoms with van der Waals surface area (Å²) >= 11 is 0. The van der Waals surface area contributed by atoms with Crippen molar-refractivity contribution >= 4 is 15.9 Å². The number of carbonyl (C=O) groups is 1. The number of carbonyl (C=O) groups excluding carboxylic acids is 1. The fraction of sp³-hybridized carbons (Fsp3) is 0.611. The lowest BCUT2D eigenvalue weighted by Gasteiger charge is -2.21. The third kappa shape index (κ3) is 5.52. The standard InChI is InChI=1S/C18H28N2O4S/c1-13(2)9-14-5-7-15(8-6-14)18(21)19-17-11-24-10-16(17)12-25(22,23)20(3)4/h5-8,13,16-17H,9-12H2,1-4H3,(H,19,21)/t16-,17+/m0/s1. The van der Waals surface area contributed by atoms with Crippen LogP contribution in [0.2, 0.25) is 0 Å². The molecule has 140 valence electrons. The Balaban J connectivity index is 1.99. The third-order valence-corrected chi connectivity index (χ3v) is 6.32. The van der Waals surface area contributed by atoms with Crippen LogP contribution in [-0.4, -0.2) is 57.7 Å². The summed E-state index contributed by atoms with van der Waals surface area (Å²) in [6, 6.07) is 7.27. The largest absolute Gasteiger partial charge is 0.379 e. The number of rotatable bonds is 7. The van der Waals surface area contributed by atoms with Crippen molar-refractivity contribution in [2.75, 3.05) is 33.1 Å². The van der Waals surface area contributed by atoms with E-state index in [1.165, 1.54) is 24.0 Å². The maximum absolute atomic E-state index is 12.5. The van der Waals surface area contributed by atoms with Crippen molar-refractivity contribution in [3.05, 3.63) is 35.4 Å². The topological polar surface area (TPSA) is 75.7 Å². The van der Waals surface area contributed by atoms with Gasteiger partial charge in [-0.05, 0) is 30.0 Å². The van der Waals surface area contributed by atoms with Crippen molar-refractivity contribution in [2.45, 2.75) is 26.3 Å². The van der Waals surface area contributed by atoms with Crippen molar-refractivity contribution in [1.82, 2.24) is 9.62 Å². The average molecular weight is 368 g/mol. The molecule has 1 heterocycles. The number of hydrogen-bond donors (Lipinski definition) is 1. The Labute approximate surface area is 150 Å². The van der Waals surface area contributed by atoms with Crippen molar-refractivity contribution in [3.63, 3.8) is 0 Å². The van der Waals surface area contributed by atoms with Gasteiger partial charge in [0.25, 0.3) is 5.91 Å².